The molecule has 0 unspecified atom stereocenters. The molecule has 0 fully saturated rings. The molecule has 1 aromatic heterocycles. The van der Waals surface area contributed by atoms with Crippen LogP contribution in [0.3, 0.4) is 0 Å². The molecule has 0 bridgehead atoms. The molecule has 0 aliphatic carbocycles. The van der Waals surface area contributed by atoms with Gasteiger partial charge in [-0.25, -0.2) is 0 Å². The summed E-state index contributed by atoms with van der Waals surface area (Å²) in [5.74, 6) is -0.188. The first-order valence-electron chi connectivity index (χ1n) is 4.78. The fourth-order valence-electron chi connectivity index (χ4n) is 1.30. The van der Waals surface area contributed by atoms with Crippen LogP contribution in [0.25, 0.3) is 0 Å². The Bertz CT molecular complexity index is 482. The highest BCUT2D eigenvalue weighted by atomic mass is 35.5. The SMILES string of the molecule is O=C(NCc1cn[nH]c1)c1ccccc1Cl. The van der Waals surface area contributed by atoms with Crippen LogP contribution >= 0.6 is 11.6 Å². The lowest BCUT2D eigenvalue weighted by atomic mass is 10.2. The Balaban J connectivity index is 2.01. The Morgan fingerprint density at radius 3 is 2.94 bits per heavy atom. The molecule has 0 aliphatic heterocycles. The monoisotopic (exact) mass is 235 g/mol. The highest BCUT2D eigenvalue weighted by Gasteiger charge is 2.08. The second kappa shape index (κ2) is 4.81. The average molecular weight is 236 g/mol. The van der Waals surface area contributed by atoms with Gasteiger partial charge in [-0.3, -0.25) is 9.89 Å². The van der Waals surface area contributed by atoms with E-state index < -0.39 is 0 Å². The minimum absolute atomic E-state index is 0.188. The van der Waals surface area contributed by atoms with Gasteiger partial charge >= 0.3 is 0 Å². The summed E-state index contributed by atoms with van der Waals surface area (Å²) in [5, 5.41) is 9.68. The van der Waals surface area contributed by atoms with Gasteiger partial charge in [0.25, 0.3) is 5.91 Å². The van der Waals surface area contributed by atoms with Gasteiger partial charge in [0.1, 0.15) is 0 Å². The number of amides is 1. The Labute approximate surface area is 97.6 Å². The van der Waals surface area contributed by atoms with E-state index in [4.69, 9.17) is 11.6 Å². The van der Waals surface area contributed by atoms with Crippen molar-refractivity contribution < 1.29 is 4.79 Å². The van der Waals surface area contributed by atoms with Gasteiger partial charge in [0.15, 0.2) is 0 Å². The summed E-state index contributed by atoms with van der Waals surface area (Å²) in [6.45, 7) is 0.431. The largest absolute Gasteiger partial charge is 0.348 e. The maximum absolute atomic E-state index is 11.7. The minimum Gasteiger partial charge on any atom is -0.348 e. The van der Waals surface area contributed by atoms with Crippen molar-refractivity contribution in [3.63, 3.8) is 0 Å². The summed E-state index contributed by atoms with van der Waals surface area (Å²) in [4.78, 5) is 11.7. The summed E-state index contributed by atoms with van der Waals surface area (Å²) in [5.41, 5.74) is 1.40. The lowest BCUT2D eigenvalue weighted by molar-refractivity contribution is 0.0951. The molecule has 0 radical (unpaired) electrons. The molecular weight excluding hydrogens is 226 g/mol. The van der Waals surface area contributed by atoms with E-state index in [0.29, 0.717) is 17.1 Å². The molecule has 1 aromatic carbocycles. The van der Waals surface area contributed by atoms with Crippen LogP contribution in [-0.4, -0.2) is 16.1 Å². The number of benzene rings is 1. The van der Waals surface area contributed by atoms with Crippen LogP contribution in [-0.2, 0) is 6.54 Å². The number of hydrogen-bond donors (Lipinski definition) is 2. The molecule has 0 spiro atoms. The van der Waals surface area contributed by atoms with E-state index in [1.54, 1.807) is 36.7 Å². The van der Waals surface area contributed by atoms with Crippen LogP contribution in [0.15, 0.2) is 36.7 Å². The summed E-state index contributed by atoms with van der Waals surface area (Å²) >= 11 is 5.90. The number of H-pyrrole nitrogens is 1. The minimum atomic E-state index is -0.188. The molecule has 16 heavy (non-hydrogen) atoms. The second-order valence-corrected chi connectivity index (χ2v) is 3.68. The molecule has 1 amide bonds. The molecular formula is C11H10ClN3O. The number of carbonyl (C=O) groups excluding carboxylic acids is 1. The standard InChI is InChI=1S/C11H10ClN3O/c12-10-4-2-1-3-9(10)11(16)13-5-8-6-14-15-7-8/h1-4,6-7H,5H2,(H,13,16)(H,14,15). The lowest BCUT2D eigenvalue weighted by Gasteiger charge is -2.04. The fourth-order valence-corrected chi connectivity index (χ4v) is 1.52. The second-order valence-electron chi connectivity index (χ2n) is 3.27. The summed E-state index contributed by atoms with van der Waals surface area (Å²) < 4.78 is 0. The zero-order chi connectivity index (χ0) is 11.4. The van der Waals surface area contributed by atoms with Gasteiger partial charge in [-0.05, 0) is 12.1 Å². The van der Waals surface area contributed by atoms with E-state index in [2.05, 4.69) is 15.5 Å². The average Bonchev–Trinajstić information content (AvgIpc) is 2.79. The molecule has 4 nitrogen and oxygen atoms in total. The van der Waals surface area contributed by atoms with Gasteiger partial charge in [-0.1, -0.05) is 23.7 Å². The van der Waals surface area contributed by atoms with Gasteiger partial charge in [0, 0.05) is 18.3 Å². The van der Waals surface area contributed by atoms with Crippen molar-refractivity contribution in [3.05, 3.63) is 52.8 Å². The number of hydrogen-bond acceptors (Lipinski definition) is 2. The van der Waals surface area contributed by atoms with E-state index >= 15 is 0 Å². The lowest BCUT2D eigenvalue weighted by Crippen LogP contribution is -2.22. The highest BCUT2D eigenvalue weighted by Crippen LogP contribution is 2.14. The van der Waals surface area contributed by atoms with Crippen molar-refractivity contribution in [2.75, 3.05) is 0 Å². The number of nitrogens with one attached hydrogen (secondary N) is 2. The van der Waals surface area contributed by atoms with E-state index in [9.17, 15) is 4.79 Å². The van der Waals surface area contributed by atoms with Crippen molar-refractivity contribution >= 4 is 17.5 Å². The van der Waals surface area contributed by atoms with Crippen LogP contribution in [0.1, 0.15) is 15.9 Å². The summed E-state index contributed by atoms with van der Waals surface area (Å²) in [6.07, 6.45) is 3.39. The topological polar surface area (TPSA) is 57.8 Å². The maximum atomic E-state index is 11.7. The first-order chi connectivity index (χ1) is 7.77. The molecule has 0 saturated carbocycles. The number of aromatic amines is 1. The third-order valence-corrected chi connectivity index (χ3v) is 2.46. The van der Waals surface area contributed by atoms with Crippen LogP contribution in [0.2, 0.25) is 5.02 Å². The number of rotatable bonds is 3. The van der Waals surface area contributed by atoms with Crippen molar-refractivity contribution in [2.24, 2.45) is 0 Å². The number of nitrogens with zero attached hydrogens (tertiary/aromatic N) is 1. The van der Waals surface area contributed by atoms with Crippen molar-refractivity contribution in [1.82, 2.24) is 15.5 Å². The van der Waals surface area contributed by atoms with Crippen LogP contribution in [0, 0.1) is 0 Å². The predicted molar refractivity (Wildman–Crippen MR) is 61.2 cm³/mol. The van der Waals surface area contributed by atoms with E-state index in [-0.39, 0.29) is 5.91 Å². The molecule has 82 valence electrons. The Hall–Kier alpha value is -1.81. The van der Waals surface area contributed by atoms with Crippen LogP contribution < -0.4 is 5.32 Å². The number of halogens is 1. The Morgan fingerprint density at radius 2 is 2.25 bits per heavy atom. The number of aromatic nitrogens is 2. The normalized spacial score (nSPS) is 10.1. The molecule has 0 atom stereocenters. The molecule has 2 aromatic rings. The van der Waals surface area contributed by atoms with Crippen molar-refractivity contribution in [1.29, 1.82) is 0 Å². The third-order valence-electron chi connectivity index (χ3n) is 2.13. The van der Waals surface area contributed by atoms with Crippen molar-refractivity contribution in [3.8, 4) is 0 Å². The van der Waals surface area contributed by atoms with Gasteiger partial charge in [0.2, 0.25) is 0 Å². The first kappa shape index (κ1) is 10.7. The molecule has 1 heterocycles. The Morgan fingerprint density at radius 1 is 1.44 bits per heavy atom. The van der Waals surface area contributed by atoms with Gasteiger partial charge in [-0.15, -0.1) is 0 Å². The highest BCUT2D eigenvalue weighted by molar-refractivity contribution is 6.33. The molecule has 0 aliphatic rings. The van der Waals surface area contributed by atoms with E-state index in [1.807, 2.05) is 0 Å². The first-order valence-corrected chi connectivity index (χ1v) is 5.15. The van der Waals surface area contributed by atoms with Crippen molar-refractivity contribution in [2.45, 2.75) is 6.54 Å². The predicted octanol–water partition coefficient (Wildman–Crippen LogP) is 1.99. The smallest absolute Gasteiger partial charge is 0.253 e. The quantitative estimate of drug-likeness (QED) is 0.855. The third kappa shape index (κ3) is 2.41. The molecule has 2 rings (SSSR count). The van der Waals surface area contributed by atoms with E-state index in [1.165, 1.54) is 0 Å². The molecule has 0 saturated heterocycles. The maximum Gasteiger partial charge on any atom is 0.253 e. The van der Waals surface area contributed by atoms with E-state index in [0.717, 1.165) is 5.56 Å². The molecule has 2 N–H and O–H groups in total. The van der Waals surface area contributed by atoms with Crippen LogP contribution in [0.5, 0.6) is 0 Å². The molecule has 5 heteroatoms. The summed E-state index contributed by atoms with van der Waals surface area (Å²) in [7, 11) is 0. The zero-order valence-corrected chi connectivity index (χ0v) is 9.16. The van der Waals surface area contributed by atoms with Gasteiger partial charge in [-0.2, -0.15) is 5.10 Å². The summed E-state index contributed by atoms with van der Waals surface area (Å²) in [6, 6.07) is 6.94. The van der Waals surface area contributed by atoms with Gasteiger partial charge in [0.05, 0.1) is 16.8 Å². The fraction of sp³-hybridized carbons (Fsp3) is 0.0909. The zero-order valence-electron chi connectivity index (χ0n) is 8.40. The number of carbonyl (C=O) groups is 1. The van der Waals surface area contributed by atoms with Gasteiger partial charge < -0.3 is 5.32 Å². The Kier molecular flexibility index (Phi) is 3.22. The van der Waals surface area contributed by atoms with Crippen LogP contribution in [0.4, 0.5) is 0 Å².